The van der Waals surface area contributed by atoms with Crippen molar-refractivity contribution in [2.45, 2.75) is 90.4 Å². The van der Waals surface area contributed by atoms with Gasteiger partial charge < -0.3 is 4.48 Å². The van der Waals surface area contributed by atoms with Crippen LogP contribution in [0, 0.1) is 11.8 Å². The highest BCUT2D eigenvalue weighted by atomic mass is 28.3. The molecule has 0 N–H and O–H groups in total. The molecule has 0 amide bonds. The van der Waals surface area contributed by atoms with Gasteiger partial charge in [-0.25, -0.2) is 0 Å². The number of quaternary nitrogens is 1. The van der Waals surface area contributed by atoms with Gasteiger partial charge in [0.2, 0.25) is 0 Å². The number of unbranched alkanes of at least 4 members (excludes halogenated alkanes) is 5. The molecule has 1 heterocycles. The summed E-state index contributed by atoms with van der Waals surface area (Å²) in [7, 11) is -0.822. The largest absolute Gasteiger partial charge is 0.313 e. The third kappa shape index (κ3) is 9.01. The Kier molecular flexibility index (Phi) is 9.44. The van der Waals surface area contributed by atoms with Gasteiger partial charge in [-0.15, -0.1) is 0 Å². The lowest BCUT2D eigenvalue weighted by molar-refractivity contribution is -0.910. The summed E-state index contributed by atoms with van der Waals surface area (Å²) >= 11 is 0. The van der Waals surface area contributed by atoms with Crippen molar-refractivity contribution in [3.05, 3.63) is 0 Å². The van der Waals surface area contributed by atoms with Gasteiger partial charge in [-0.1, -0.05) is 57.8 Å². The molecule has 1 rings (SSSR count). The summed E-state index contributed by atoms with van der Waals surface area (Å²) in [5.41, 5.74) is 0. The highest BCUT2D eigenvalue weighted by Gasteiger charge is 2.30. The molecule has 0 unspecified atom stereocenters. The maximum absolute atomic E-state index is 3.52. The van der Waals surface area contributed by atoms with E-state index in [1.165, 1.54) is 81.5 Å². The molecular formula is C20H40NSi+. The fourth-order valence-corrected chi connectivity index (χ4v) is 4.83. The van der Waals surface area contributed by atoms with Gasteiger partial charge in [-0.3, -0.25) is 0 Å². The Bertz CT molecular complexity index is 339. The average molecular weight is 323 g/mol. The fourth-order valence-electron chi connectivity index (χ4n) is 3.52. The second kappa shape index (κ2) is 10.5. The van der Waals surface area contributed by atoms with Crippen LogP contribution >= 0.6 is 0 Å². The molecule has 1 aliphatic heterocycles. The first-order valence-electron chi connectivity index (χ1n) is 9.78. The minimum absolute atomic E-state index is 0.822. The van der Waals surface area contributed by atoms with Crippen molar-refractivity contribution in [1.82, 2.24) is 0 Å². The predicted octanol–water partition coefficient (Wildman–Crippen LogP) is 5.69. The smallest absolute Gasteiger partial charge is 0.140 e. The van der Waals surface area contributed by atoms with Crippen LogP contribution in [0.4, 0.5) is 0 Å². The zero-order valence-corrected chi connectivity index (χ0v) is 16.8. The molecular weight excluding hydrogens is 282 g/mol. The summed E-state index contributed by atoms with van der Waals surface area (Å²) in [6, 6.07) is 1.50. The van der Waals surface area contributed by atoms with E-state index >= 15 is 0 Å². The summed E-state index contributed by atoms with van der Waals surface area (Å²) in [4.78, 5) is 0. The molecule has 0 spiro atoms. The third-order valence-corrected chi connectivity index (χ3v) is 6.87. The van der Waals surface area contributed by atoms with Crippen LogP contribution in [0.3, 0.4) is 0 Å². The van der Waals surface area contributed by atoms with Crippen molar-refractivity contribution in [2.24, 2.45) is 0 Å². The van der Waals surface area contributed by atoms with E-state index in [-0.39, 0.29) is 0 Å². The monoisotopic (exact) mass is 322 g/mol. The summed E-state index contributed by atoms with van der Waals surface area (Å²) in [5.74, 6) is 6.95. The zero-order valence-electron chi connectivity index (χ0n) is 15.8. The van der Waals surface area contributed by atoms with E-state index in [1.54, 1.807) is 0 Å². The molecule has 0 aliphatic carbocycles. The van der Waals surface area contributed by atoms with E-state index in [9.17, 15) is 0 Å². The molecule has 1 saturated heterocycles. The van der Waals surface area contributed by atoms with Gasteiger partial charge in [0, 0.05) is 27.3 Å². The molecule has 0 aromatic carbocycles. The minimum Gasteiger partial charge on any atom is -0.313 e. The first kappa shape index (κ1) is 19.8. The molecule has 0 radical (unpaired) electrons. The molecule has 0 aromatic rings. The number of nitrogens with zero attached hydrogens (tertiary/aromatic N) is 1. The van der Waals surface area contributed by atoms with Gasteiger partial charge >= 0.3 is 0 Å². The molecule has 1 aliphatic rings. The Hall–Kier alpha value is -0.263. The van der Waals surface area contributed by atoms with E-state index in [0.717, 1.165) is 13.0 Å². The SMILES string of the molecule is CCCCCC#CC[N+]1(CCCCC[Si](C)(C)C)CCCC1. The highest BCUT2D eigenvalue weighted by molar-refractivity contribution is 6.76. The Morgan fingerprint density at radius 2 is 1.59 bits per heavy atom. The van der Waals surface area contributed by atoms with Crippen LogP contribution in [-0.4, -0.2) is 38.7 Å². The van der Waals surface area contributed by atoms with Crippen molar-refractivity contribution in [1.29, 1.82) is 0 Å². The molecule has 1 fully saturated rings. The fraction of sp³-hybridized carbons (Fsp3) is 0.900. The van der Waals surface area contributed by atoms with Crippen LogP contribution in [0.1, 0.15) is 64.7 Å². The standard InChI is InChI=1S/C20H40NSi/c1-5-6-7-8-9-11-16-21(18-13-14-19-21)17-12-10-15-20-22(2,3)4/h5-8,10,12-20H2,1-4H3/q+1. The molecule has 0 bridgehead atoms. The molecule has 0 atom stereocenters. The van der Waals surface area contributed by atoms with Crippen LogP contribution in [-0.2, 0) is 0 Å². The minimum atomic E-state index is -0.822. The first-order chi connectivity index (χ1) is 10.5. The number of rotatable bonds is 10. The highest BCUT2D eigenvalue weighted by Crippen LogP contribution is 2.21. The topological polar surface area (TPSA) is 0 Å². The summed E-state index contributed by atoms with van der Waals surface area (Å²) in [6.07, 6.45) is 12.2. The quantitative estimate of drug-likeness (QED) is 0.210. The second-order valence-electron chi connectivity index (χ2n) is 8.56. The van der Waals surface area contributed by atoms with Gasteiger partial charge in [0.1, 0.15) is 6.54 Å². The maximum Gasteiger partial charge on any atom is 0.140 e. The van der Waals surface area contributed by atoms with E-state index in [2.05, 4.69) is 38.4 Å². The number of hydrogen-bond donors (Lipinski definition) is 0. The zero-order chi connectivity index (χ0) is 16.3. The third-order valence-electron chi connectivity index (χ3n) is 5.02. The van der Waals surface area contributed by atoms with Gasteiger partial charge in [-0.2, -0.15) is 0 Å². The first-order valence-corrected chi connectivity index (χ1v) is 13.5. The van der Waals surface area contributed by atoms with Crippen LogP contribution in [0.5, 0.6) is 0 Å². The maximum atomic E-state index is 3.52. The van der Waals surface area contributed by atoms with E-state index < -0.39 is 8.07 Å². The van der Waals surface area contributed by atoms with Crippen molar-refractivity contribution < 1.29 is 4.48 Å². The van der Waals surface area contributed by atoms with Gasteiger partial charge in [0.15, 0.2) is 0 Å². The predicted molar refractivity (Wildman–Crippen MR) is 103 cm³/mol. The van der Waals surface area contributed by atoms with E-state index in [1.807, 2.05) is 0 Å². The van der Waals surface area contributed by atoms with Crippen LogP contribution in [0.15, 0.2) is 0 Å². The summed E-state index contributed by atoms with van der Waals surface area (Å²) < 4.78 is 1.31. The van der Waals surface area contributed by atoms with Crippen molar-refractivity contribution in [2.75, 3.05) is 26.2 Å². The van der Waals surface area contributed by atoms with Crippen molar-refractivity contribution >= 4 is 8.07 Å². The summed E-state index contributed by atoms with van der Waals surface area (Å²) in [5, 5.41) is 0. The Balaban J connectivity index is 2.25. The van der Waals surface area contributed by atoms with E-state index in [4.69, 9.17) is 0 Å². The molecule has 128 valence electrons. The lowest BCUT2D eigenvalue weighted by atomic mass is 10.2. The molecule has 2 heteroatoms. The summed E-state index contributed by atoms with van der Waals surface area (Å²) in [6.45, 7) is 15.0. The van der Waals surface area contributed by atoms with Crippen molar-refractivity contribution in [3.8, 4) is 11.8 Å². The van der Waals surface area contributed by atoms with Crippen LogP contribution in [0.25, 0.3) is 0 Å². The molecule has 22 heavy (non-hydrogen) atoms. The van der Waals surface area contributed by atoms with Crippen LogP contribution in [0.2, 0.25) is 25.7 Å². The van der Waals surface area contributed by atoms with E-state index in [0.29, 0.717) is 0 Å². The molecule has 1 nitrogen and oxygen atoms in total. The van der Waals surface area contributed by atoms with Gasteiger partial charge in [-0.05, 0) is 25.2 Å². The lowest BCUT2D eigenvalue weighted by Crippen LogP contribution is -2.46. The number of hydrogen-bond acceptors (Lipinski definition) is 0. The average Bonchev–Trinajstić information content (AvgIpc) is 2.90. The Labute approximate surface area is 141 Å². The molecule has 0 saturated carbocycles. The molecule has 0 aromatic heterocycles. The Morgan fingerprint density at radius 3 is 2.23 bits per heavy atom. The normalized spacial score (nSPS) is 17.3. The van der Waals surface area contributed by atoms with Gasteiger partial charge in [0.05, 0.1) is 19.6 Å². The second-order valence-corrected chi connectivity index (χ2v) is 14.2. The van der Waals surface area contributed by atoms with Crippen molar-refractivity contribution in [3.63, 3.8) is 0 Å². The van der Waals surface area contributed by atoms with Gasteiger partial charge in [0.25, 0.3) is 0 Å². The Morgan fingerprint density at radius 1 is 0.864 bits per heavy atom. The lowest BCUT2D eigenvalue weighted by Gasteiger charge is -2.32. The van der Waals surface area contributed by atoms with Crippen LogP contribution < -0.4 is 0 Å². The number of likely N-dealkylation sites (tertiary alicyclic amines) is 1.